The van der Waals surface area contributed by atoms with E-state index in [2.05, 4.69) is 3.63 Å². The van der Waals surface area contributed by atoms with Crippen LogP contribution in [0, 0.1) is 0 Å². The normalized spacial score (nSPS) is 13.5. The van der Waals surface area contributed by atoms with Crippen molar-refractivity contribution >= 4 is 20.2 Å². The van der Waals surface area contributed by atoms with Gasteiger partial charge in [-0.05, 0) is 0 Å². The summed E-state index contributed by atoms with van der Waals surface area (Å²) in [6.45, 7) is 0. The summed E-state index contributed by atoms with van der Waals surface area (Å²) in [6, 6.07) is 0. The van der Waals surface area contributed by atoms with Crippen LogP contribution in [-0.2, 0) is 23.9 Å². The molecule has 0 rings (SSSR count). The van der Waals surface area contributed by atoms with Crippen molar-refractivity contribution in [2.45, 2.75) is 5.51 Å². The van der Waals surface area contributed by atoms with Crippen molar-refractivity contribution in [1.29, 1.82) is 0 Å². The summed E-state index contributed by atoms with van der Waals surface area (Å²) in [5.41, 5.74) is -5.73. The third kappa shape index (κ3) is 5.53. The third-order valence-electron chi connectivity index (χ3n) is 0.497. The average molecular weight is 236 g/mol. The van der Waals surface area contributed by atoms with E-state index in [1.807, 2.05) is 0 Å². The van der Waals surface area contributed by atoms with Crippen LogP contribution in [-0.4, -0.2) is 28.6 Å². The molecule has 0 saturated carbocycles. The Kier molecular flexibility index (Phi) is 5.05. The fourth-order valence-electron chi connectivity index (χ4n) is 0.201. The summed E-state index contributed by atoms with van der Waals surface area (Å²) in [5.74, 6) is 0. The van der Waals surface area contributed by atoms with Gasteiger partial charge in [-0.25, -0.2) is 0 Å². The second kappa shape index (κ2) is 4.18. The number of halogens is 3. The van der Waals surface area contributed by atoms with E-state index < -0.39 is 25.7 Å². The molecule has 11 heteroatoms. The van der Waals surface area contributed by atoms with E-state index in [9.17, 15) is 30.0 Å². The van der Waals surface area contributed by atoms with Gasteiger partial charge in [0, 0.05) is 0 Å². The van der Waals surface area contributed by atoms with Gasteiger partial charge >= 0.3 is 34.5 Å². The van der Waals surface area contributed by atoms with Gasteiger partial charge in [0.15, 0.2) is 0 Å². The SMILES string of the molecule is CS(=O)(=O)OS(=O)(=O)C(F)(F)F.[H-].[Li+]. The molecule has 0 N–H and O–H groups in total. The number of rotatable bonds is 2. The Morgan fingerprint density at radius 3 is 1.54 bits per heavy atom. The van der Waals surface area contributed by atoms with Crippen molar-refractivity contribution in [1.82, 2.24) is 0 Å². The van der Waals surface area contributed by atoms with Crippen molar-refractivity contribution in [3.8, 4) is 0 Å². The number of hydrogen-bond acceptors (Lipinski definition) is 5. The Hall–Kier alpha value is 0.247. The molecule has 13 heavy (non-hydrogen) atoms. The quantitative estimate of drug-likeness (QED) is 0.375. The van der Waals surface area contributed by atoms with Gasteiger partial charge in [0.25, 0.3) is 10.1 Å². The molecular weight excluding hydrogens is 232 g/mol. The van der Waals surface area contributed by atoms with Crippen LogP contribution in [0.4, 0.5) is 13.2 Å². The Morgan fingerprint density at radius 1 is 1.15 bits per heavy atom. The standard InChI is InChI=1S/C2H3F3O5S2.Li.H/c1-11(6,7)10-12(8,9)2(3,4)5;;/h1H3;;/q;+1;-1. The molecule has 0 radical (unpaired) electrons. The van der Waals surface area contributed by atoms with Crippen molar-refractivity contribution in [3.05, 3.63) is 0 Å². The number of hydrogen-bond donors (Lipinski definition) is 0. The maximum atomic E-state index is 11.4. The van der Waals surface area contributed by atoms with Crippen LogP contribution in [0.5, 0.6) is 0 Å². The molecule has 0 bridgehead atoms. The minimum Gasteiger partial charge on any atom is -1.00 e. The first-order valence-corrected chi connectivity index (χ1v) is 5.40. The van der Waals surface area contributed by atoms with Gasteiger partial charge in [-0.2, -0.15) is 30.0 Å². The van der Waals surface area contributed by atoms with Gasteiger partial charge in [0.2, 0.25) is 0 Å². The summed E-state index contributed by atoms with van der Waals surface area (Å²) in [7, 11) is -10.7. The minimum absolute atomic E-state index is 0. The largest absolute Gasteiger partial charge is 1.00 e. The molecule has 0 aromatic heterocycles. The van der Waals surface area contributed by atoms with Gasteiger partial charge in [0.1, 0.15) is 0 Å². The topological polar surface area (TPSA) is 77.5 Å². The summed E-state index contributed by atoms with van der Waals surface area (Å²) in [4.78, 5) is 0. The fraction of sp³-hybridized carbons (Fsp3) is 1.00. The van der Waals surface area contributed by atoms with Gasteiger partial charge in [-0.15, -0.1) is 3.63 Å². The van der Waals surface area contributed by atoms with E-state index in [-0.39, 0.29) is 26.5 Å². The zero-order valence-corrected chi connectivity index (χ0v) is 8.12. The Balaban J connectivity index is -0.000000605. The van der Waals surface area contributed by atoms with Gasteiger partial charge < -0.3 is 1.43 Å². The molecule has 0 heterocycles. The Labute approximate surface area is 86.2 Å². The molecule has 0 unspecified atom stereocenters. The third-order valence-corrected chi connectivity index (χ3v) is 2.77. The molecule has 0 aliphatic heterocycles. The maximum absolute atomic E-state index is 11.4. The van der Waals surface area contributed by atoms with E-state index in [1.165, 1.54) is 0 Å². The molecular formula is C2H4F3LiO5S2. The first kappa shape index (κ1) is 15.7. The first-order valence-electron chi connectivity index (χ1n) is 2.18. The summed E-state index contributed by atoms with van der Waals surface area (Å²) in [6.07, 6.45) is 0.191. The van der Waals surface area contributed by atoms with Crippen LogP contribution in [0.1, 0.15) is 1.43 Å². The van der Waals surface area contributed by atoms with Crippen LogP contribution >= 0.6 is 0 Å². The van der Waals surface area contributed by atoms with Crippen LogP contribution in [0.25, 0.3) is 0 Å². The first-order chi connectivity index (χ1) is 4.96. The summed E-state index contributed by atoms with van der Waals surface area (Å²) in [5, 5.41) is 0. The maximum Gasteiger partial charge on any atom is 1.00 e. The molecule has 0 spiro atoms. The zero-order chi connectivity index (χ0) is 10.2. The van der Waals surface area contributed by atoms with Crippen molar-refractivity contribution in [3.63, 3.8) is 0 Å². The van der Waals surface area contributed by atoms with Crippen LogP contribution < -0.4 is 18.9 Å². The van der Waals surface area contributed by atoms with E-state index >= 15 is 0 Å². The monoisotopic (exact) mass is 236 g/mol. The summed E-state index contributed by atoms with van der Waals surface area (Å²) < 4.78 is 76.8. The molecule has 5 nitrogen and oxygen atoms in total. The van der Waals surface area contributed by atoms with Crippen LogP contribution in [0.15, 0.2) is 0 Å². The Morgan fingerprint density at radius 2 is 1.46 bits per heavy atom. The van der Waals surface area contributed by atoms with Crippen molar-refractivity contribution in [2.24, 2.45) is 0 Å². The smallest absolute Gasteiger partial charge is 1.00 e. The molecule has 0 amide bonds. The van der Waals surface area contributed by atoms with Crippen LogP contribution in [0.3, 0.4) is 0 Å². The molecule has 0 aliphatic rings. The molecule has 0 fully saturated rings. The van der Waals surface area contributed by atoms with Gasteiger partial charge in [0.05, 0.1) is 6.26 Å². The van der Waals surface area contributed by atoms with Crippen molar-refractivity contribution in [2.75, 3.05) is 6.26 Å². The summed E-state index contributed by atoms with van der Waals surface area (Å²) >= 11 is 0. The predicted octanol–water partition coefficient (Wildman–Crippen LogP) is -3.07. The van der Waals surface area contributed by atoms with E-state index in [4.69, 9.17) is 0 Å². The molecule has 76 valence electrons. The molecule has 0 aliphatic carbocycles. The van der Waals surface area contributed by atoms with Gasteiger partial charge in [-0.3, -0.25) is 0 Å². The van der Waals surface area contributed by atoms with Gasteiger partial charge in [-0.1, -0.05) is 0 Å². The zero-order valence-electron chi connectivity index (χ0n) is 7.49. The van der Waals surface area contributed by atoms with Crippen LogP contribution in [0.2, 0.25) is 0 Å². The second-order valence-electron chi connectivity index (χ2n) is 1.67. The fourth-order valence-corrected chi connectivity index (χ4v) is 1.81. The van der Waals surface area contributed by atoms with Crippen molar-refractivity contribution < 1.29 is 53.9 Å². The molecule has 0 atom stereocenters. The second-order valence-corrected chi connectivity index (χ2v) is 5.00. The van der Waals surface area contributed by atoms with E-state index in [0.717, 1.165) is 0 Å². The molecule has 0 aromatic carbocycles. The molecule has 0 aromatic rings. The molecule has 0 saturated heterocycles. The minimum atomic E-state index is -6.04. The van der Waals surface area contributed by atoms with E-state index in [0.29, 0.717) is 0 Å². The number of alkyl halides is 3. The van der Waals surface area contributed by atoms with E-state index in [1.54, 1.807) is 0 Å². The average Bonchev–Trinajstić information content (AvgIpc) is 1.52. The predicted molar refractivity (Wildman–Crippen MR) is 32.0 cm³/mol. The Bertz CT molecular complexity index is 357.